The van der Waals surface area contributed by atoms with Crippen molar-refractivity contribution in [3.63, 3.8) is 0 Å². The van der Waals surface area contributed by atoms with E-state index in [0.717, 1.165) is 75.8 Å². The molecule has 0 aliphatic heterocycles. The Balaban J connectivity index is 1.95. The van der Waals surface area contributed by atoms with Crippen molar-refractivity contribution in [3.8, 4) is 0 Å². The molecule has 5 nitrogen and oxygen atoms in total. The minimum Gasteiger partial charge on any atom is -0.491 e. The summed E-state index contributed by atoms with van der Waals surface area (Å²) in [6, 6.07) is 5.16. The van der Waals surface area contributed by atoms with Gasteiger partial charge in [0.15, 0.2) is 0 Å². The molecular weight excluding hydrogens is 427 g/mol. The summed E-state index contributed by atoms with van der Waals surface area (Å²) in [6.07, 6.45) is 9.85. The first-order valence-corrected chi connectivity index (χ1v) is 11.7. The molecule has 3 rings (SSSR count). The minimum absolute atomic E-state index is 0.222. The van der Waals surface area contributed by atoms with Crippen LogP contribution in [-0.2, 0) is 17.9 Å². The van der Waals surface area contributed by atoms with Gasteiger partial charge < -0.3 is 15.4 Å². The predicted molar refractivity (Wildman–Crippen MR) is 139 cm³/mol. The number of hydrogen-bond acceptors (Lipinski definition) is 5. The number of benzene rings is 1. The maximum absolute atomic E-state index is 14.2. The number of halogens is 1. The van der Waals surface area contributed by atoms with Gasteiger partial charge in [0.05, 0.1) is 5.69 Å². The van der Waals surface area contributed by atoms with Gasteiger partial charge in [0.2, 0.25) is 0 Å². The van der Waals surface area contributed by atoms with Crippen LogP contribution in [0.15, 0.2) is 47.6 Å². The zero-order chi connectivity index (χ0) is 24.7. The molecule has 0 unspecified atom stereocenters. The fourth-order valence-electron chi connectivity index (χ4n) is 4.04. The molecular formula is C28H35FN4O. The second kappa shape index (κ2) is 11.7. The third-order valence-electron chi connectivity index (χ3n) is 5.90. The van der Waals surface area contributed by atoms with Crippen molar-refractivity contribution in [3.05, 3.63) is 81.4 Å². The molecule has 0 atom stereocenters. The van der Waals surface area contributed by atoms with Crippen LogP contribution in [0.2, 0.25) is 0 Å². The highest BCUT2D eigenvalue weighted by atomic mass is 19.1. The number of aryl methyl sites for hydroxylation is 2. The third kappa shape index (κ3) is 6.41. The monoisotopic (exact) mass is 462 g/mol. The van der Waals surface area contributed by atoms with Gasteiger partial charge in [-0.15, -0.1) is 6.58 Å². The summed E-state index contributed by atoms with van der Waals surface area (Å²) in [5.41, 5.74) is 11.0. The Morgan fingerprint density at radius 1 is 1.32 bits per heavy atom. The minimum atomic E-state index is -0.222. The van der Waals surface area contributed by atoms with E-state index in [0.29, 0.717) is 13.2 Å². The van der Waals surface area contributed by atoms with Gasteiger partial charge in [0.25, 0.3) is 0 Å². The largest absolute Gasteiger partial charge is 0.491 e. The quantitative estimate of drug-likeness (QED) is 0.422. The van der Waals surface area contributed by atoms with Crippen LogP contribution in [0.4, 0.5) is 10.1 Å². The van der Waals surface area contributed by atoms with Crippen LogP contribution in [0.5, 0.6) is 0 Å². The Hall–Kier alpha value is -3.25. The van der Waals surface area contributed by atoms with Crippen LogP contribution >= 0.6 is 0 Å². The van der Waals surface area contributed by atoms with E-state index in [1.54, 1.807) is 18.3 Å². The maximum atomic E-state index is 14.2. The van der Waals surface area contributed by atoms with Crippen LogP contribution in [-0.4, -0.2) is 29.7 Å². The Morgan fingerprint density at radius 3 is 2.85 bits per heavy atom. The summed E-state index contributed by atoms with van der Waals surface area (Å²) >= 11 is 0. The number of rotatable bonds is 10. The summed E-state index contributed by atoms with van der Waals surface area (Å²) in [5.74, 6) is 0.624. The lowest BCUT2D eigenvalue weighted by Crippen LogP contribution is -2.34. The number of aliphatic imine (C=N–C) groups is 1. The Morgan fingerprint density at radius 2 is 2.12 bits per heavy atom. The molecule has 0 saturated carbocycles. The summed E-state index contributed by atoms with van der Waals surface area (Å²) in [7, 11) is 2.03. The average molecular weight is 463 g/mol. The van der Waals surface area contributed by atoms with Crippen molar-refractivity contribution in [2.75, 3.05) is 13.6 Å². The van der Waals surface area contributed by atoms with Gasteiger partial charge in [-0.1, -0.05) is 12.2 Å². The molecule has 1 aliphatic carbocycles. The zero-order valence-corrected chi connectivity index (χ0v) is 20.7. The number of ether oxygens (including phenoxy) is 1. The molecule has 1 aromatic carbocycles. The predicted octanol–water partition coefficient (Wildman–Crippen LogP) is 4.31. The van der Waals surface area contributed by atoms with E-state index < -0.39 is 0 Å². The molecule has 1 heterocycles. The standard InChI is InChI=1S/C28H35FN4O/c1-6-7-11-33(5)17-22-14-23(29)12-20(3)25(22)18-34-27-10-8-9-24-26(31-16-19(2)15-30)13-21(4)32-28(24)27/h6,9,12-16H,1,7-8,10-11,17-18,30H2,2-5H3. The van der Waals surface area contributed by atoms with Crippen molar-refractivity contribution < 1.29 is 9.13 Å². The highest BCUT2D eigenvalue weighted by Gasteiger charge is 2.15. The second-order valence-electron chi connectivity index (χ2n) is 8.84. The summed E-state index contributed by atoms with van der Waals surface area (Å²) < 4.78 is 20.6. The van der Waals surface area contributed by atoms with Crippen LogP contribution in [0.3, 0.4) is 0 Å². The molecule has 0 radical (unpaired) electrons. The number of fused-ring (bicyclic) bond motifs is 1. The van der Waals surface area contributed by atoms with Crippen LogP contribution in [0.1, 0.15) is 48.6 Å². The van der Waals surface area contributed by atoms with Gasteiger partial charge in [-0.05, 0) is 87.3 Å². The molecule has 1 aromatic heterocycles. The fraction of sp³-hybridized carbons (Fsp3) is 0.357. The van der Waals surface area contributed by atoms with Crippen LogP contribution in [0.25, 0.3) is 11.8 Å². The summed E-state index contributed by atoms with van der Waals surface area (Å²) in [4.78, 5) is 11.6. The van der Waals surface area contributed by atoms with E-state index in [1.165, 1.54) is 6.20 Å². The normalized spacial score (nSPS) is 13.8. The van der Waals surface area contributed by atoms with E-state index in [-0.39, 0.29) is 5.82 Å². The van der Waals surface area contributed by atoms with Gasteiger partial charge in [-0.25, -0.2) is 9.37 Å². The molecule has 0 bridgehead atoms. The van der Waals surface area contributed by atoms with Gasteiger partial charge in [0.1, 0.15) is 23.5 Å². The first kappa shape index (κ1) is 25.4. The van der Waals surface area contributed by atoms with E-state index >= 15 is 0 Å². The molecule has 2 N–H and O–H groups in total. The number of nitrogens with zero attached hydrogens (tertiary/aromatic N) is 3. The van der Waals surface area contributed by atoms with Crippen LogP contribution in [0, 0.1) is 19.7 Å². The first-order chi connectivity index (χ1) is 16.3. The maximum Gasteiger partial charge on any atom is 0.123 e. The number of hydrogen-bond donors (Lipinski definition) is 1. The molecule has 1 aliphatic rings. The van der Waals surface area contributed by atoms with E-state index in [9.17, 15) is 4.39 Å². The second-order valence-corrected chi connectivity index (χ2v) is 8.84. The average Bonchev–Trinajstić information content (AvgIpc) is 2.80. The van der Waals surface area contributed by atoms with E-state index in [2.05, 4.69) is 22.5 Å². The van der Waals surface area contributed by atoms with E-state index in [4.69, 9.17) is 15.5 Å². The summed E-state index contributed by atoms with van der Waals surface area (Å²) in [6.45, 7) is 11.5. The van der Waals surface area contributed by atoms with Crippen molar-refractivity contribution in [2.45, 2.75) is 53.2 Å². The third-order valence-corrected chi connectivity index (χ3v) is 5.90. The van der Waals surface area contributed by atoms with Crippen LogP contribution < -0.4 is 16.3 Å². The Bertz CT molecular complexity index is 1230. The van der Waals surface area contributed by atoms with Gasteiger partial charge >= 0.3 is 0 Å². The molecule has 2 aromatic rings. The van der Waals surface area contributed by atoms with Gasteiger partial charge in [-0.3, -0.25) is 4.99 Å². The number of nitrogens with two attached hydrogens (primary N) is 1. The van der Waals surface area contributed by atoms with Gasteiger partial charge in [-0.2, -0.15) is 0 Å². The fourth-order valence-corrected chi connectivity index (χ4v) is 4.04. The molecule has 34 heavy (non-hydrogen) atoms. The highest BCUT2D eigenvalue weighted by Crippen LogP contribution is 2.22. The smallest absolute Gasteiger partial charge is 0.123 e. The topological polar surface area (TPSA) is 63.7 Å². The summed E-state index contributed by atoms with van der Waals surface area (Å²) in [5, 5.41) is 1.81. The lowest BCUT2D eigenvalue weighted by atomic mass is 10.0. The molecule has 0 spiro atoms. The van der Waals surface area contributed by atoms with Crippen molar-refractivity contribution in [1.29, 1.82) is 0 Å². The lowest BCUT2D eigenvalue weighted by molar-refractivity contribution is 0.243. The first-order valence-electron chi connectivity index (χ1n) is 11.7. The lowest BCUT2D eigenvalue weighted by Gasteiger charge is -2.21. The van der Waals surface area contributed by atoms with Crippen molar-refractivity contribution >= 4 is 23.7 Å². The molecule has 0 fully saturated rings. The van der Waals surface area contributed by atoms with E-state index in [1.807, 2.05) is 40.0 Å². The van der Waals surface area contributed by atoms with Gasteiger partial charge in [0, 0.05) is 36.6 Å². The molecule has 0 saturated heterocycles. The number of pyridine rings is 1. The zero-order valence-electron chi connectivity index (χ0n) is 20.7. The molecule has 180 valence electrons. The van der Waals surface area contributed by atoms with Crippen molar-refractivity contribution in [1.82, 2.24) is 9.88 Å². The molecule has 6 heteroatoms. The number of aromatic nitrogens is 1. The number of allylic oxidation sites excluding steroid dienone is 1. The molecule has 0 amide bonds. The SMILES string of the molecule is C=CCCN(C)Cc1cc(F)cc(C)c1COC1=c2nc(C)cc(N=CC(C)=CN)c2=CCC1. The van der Waals surface area contributed by atoms with Crippen molar-refractivity contribution in [2.24, 2.45) is 10.7 Å². The highest BCUT2D eigenvalue weighted by molar-refractivity contribution is 5.80. The Kier molecular flexibility index (Phi) is 8.77. The Labute approximate surface area is 201 Å².